The molecule has 6 heteroatoms. The summed E-state index contributed by atoms with van der Waals surface area (Å²) in [6.07, 6.45) is -4.63. The Hall–Kier alpha value is -1.33. The molecule has 2 rings (SSSR count). The van der Waals surface area contributed by atoms with Crippen molar-refractivity contribution in [3.05, 3.63) is 23.5 Å². The van der Waals surface area contributed by atoms with Gasteiger partial charge in [0.1, 0.15) is 11.9 Å². The fraction of sp³-hybridized carbons (Fsp3) is 0.545. The Bertz CT molecular complexity index is 445. The first-order valence-corrected chi connectivity index (χ1v) is 5.30. The summed E-state index contributed by atoms with van der Waals surface area (Å²) in [6, 6.07) is 2.42. The molecular formula is C11H12F4N2. The lowest BCUT2D eigenvalue weighted by Gasteiger charge is -2.17. The van der Waals surface area contributed by atoms with Gasteiger partial charge in [-0.3, -0.25) is 4.99 Å². The number of alkyl halides is 4. The van der Waals surface area contributed by atoms with Crippen LogP contribution >= 0.6 is 0 Å². The average molecular weight is 248 g/mol. The van der Waals surface area contributed by atoms with E-state index in [2.05, 4.69) is 4.99 Å². The Morgan fingerprint density at radius 3 is 2.53 bits per heavy atom. The molecule has 1 aliphatic rings. The lowest BCUT2D eigenvalue weighted by Crippen LogP contribution is -2.20. The maximum atomic E-state index is 12.9. The minimum atomic E-state index is -4.37. The monoisotopic (exact) mass is 248 g/mol. The number of halogens is 4. The van der Waals surface area contributed by atoms with Crippen molar-refractivity contribution in [3.8, 4) is 0 Å². The van der Waals surface area contributed by atoms with E-state index in [9.17, 15) is 17.6 Å². The van der Waals surface area contributed by atoms with Crippen molar-refractivity contribution in [1.29, 1.82) is 0 Å². The van der Waals surface area contributed by atoms with E-state index in [-0.39, 0.29) is 6.54 Å². The molecule has 1 aliphatic heterocycles. The third kappa shape index (κ3) is 2.35. The molecule has 0 bridgehead atoms. The Morgan fingerprint density at radius 2 is 2.06 bits per heavy atom. The molecule has 1 atom stereocenters. The van der Waals surface area contributed by atoms with Crippen molar-refractivity contribution in [2.24, 2.45) is 12.0 Å². The van der Waals surface area contributed by atoms with E-state index in [1.54, 1.807) is 0 Å². The third-order valence-corrected chi connectivity index (χ3v) is 2.88. The molecule has 0 N–H and O–H groups in total. The number of hydrogen-bond donors (Lipinski definition) is 0. The molecule has 0 spiro atoms. The number of aromatic nitrogens is 1. The first-order valence-electron chi connectivity index (χ1n) is 5.30. The zero-order valence-electron chi connectivity index (χ0n) is 9.26. The minimum absolute atomic E-state index is 0.0435. The highest BCUT2D eigenvalue weighted by Gasteiger charge is 2.34. The average Bonchev–Trinajstić information content (AvgIpc) is 2.61. The van der Waals surface area contributed by atoms with Gasteiger partial charge in [0.2, 0.25) is 0 Å². The predicted octanol–water partition coefficient (Wildman–Crippen LogP) is 2.96. The second-order valence-corrected chi connectivity index (χ2v) is 4.08. The van der Waals surface area contributed by atoms with Crippen molar-refractivity contribution in [2.45, 2.75) is 25.2 Å². The van der Waals surface area contributed by atoms with Crippen LogP contribution in [0.15, 0.2) is 17.1 Å². The largest absolute Gasteiger partial charge is 0.431 e. The minimum Gasteiger partial charge on any atom is -0.339 e. The number of aliphatic imine (C=N–C) groups is 1. The molecule has 0 saturated carbocycles. The van der Waals surface area contributed by atoms with Gasteiger partial charge in [0.05, 0.1) is 18.0 Å². The smallest absolute Gasteiger partial charge is 0.339 e. The van der Waals surface area contributed by atoms with Gasteiger partial charge in [-0.25, -0.2) is 4.39 Å². The Morgan fingerprint density at radius 1 is 1.35 bits per heavy atom. The zero-order valence-corrected chi connectivity index (χ0v) is 9.26. The molecular weight excluding hydrogens is 236 g/mol. The maximum Gasteiger partial charge on any atom is 0.431 e. The van der Waals surface area contributed by atoms with E-state index in [1.165, 1.54) is 13.1 Å². The van der Waals surface area contributed by atoms with Gasteiger partial charge in [-0.15, -0.1) is 0 Å². The van der Waals surface area contributed by atoms with Crippen molar-refractivity contribution < 1.29 is 17.6 Å². The molecule has 94 valence electrons. The van der Waals surface area contributed by atoms with Crippen LogP contribution in [0.2, 0.25) is 0 Å². The van der Waals surface area contributed by atoms with Crippen LogP contribution in [0.25, 0.3) is 0 Å². The second kappa shape index (κ2) is 4.16. The third-order valence-electron chi connectivity index (χ3n) is 2.88. The van der Waals surface area contributed by atoms with Crippen LogP contribution in [-0.4, -0.2) is 23.0 Å². The molecule has 0 saturated heterocycles. The van der Waals surface area contributed by atoms with Gasteiger partial charge in [0.25, 0.3) is 0 Å². The van der Waals surface area contributed by atoms with Gasteiger partial charge >= 0.3 is 6.18 Å². The van der Waals surface area contributed by atoms with Gasteiger partial charge < -0.3 is 4.57 Å². The molecule has 0 aromatic carbocycles. The lowest BCUT2D eigenvalue weighted by molar-refractivity contribution is -0.143. The van der Waals surface area contributed by atoms with Crippen LogP contribution < -0.4 is 0 Å². The van der Waals surface area contributed by atoms with Gasteiger partial charge in [-0.05, 0) is 25.0 Å². The summed E-state index contributed by atoms with van der Waals surface area (Å²) in [5.41, 5.74) is 0.263. The van der Waals surface area contributed by atoms with Gasteiger partial charge in [0, 0.05) is 7.05 Å². The Labute approximate surface area is 96.0 Å². The summed E-state index contributed by atoms with van der Waals surface area (Å²) < 4.78 is 51.7. The fourth-order valence-electron chi connectivity index (χ4n) is 1.97. The van der Waals surface area contributed by atoms with Crippen molar-refractivity contribution in [3.63, 3.8) is 0 Å². The summed E-state index contributed by atoms with van der Waals surface area (Å²) >= 11 is 0. The van der Waals surface area contributed by atoms with E-state index in [0.717, 1.165) is 10.6 Å². The van der Waals surface area contributed by atoms with Gasteiger partial charge in [-0.1, -0.05) is 0 Å². The lowest BCUT2D eigenvalue weighted by atomic mass is 10.1. The highest BCUT2D eigenvalue weighted by Crippen LogP contribution is 2.31. The first-order chi connectivity index (χ1) is 7.89. The van der Waals surface area contributed by atoms with Crippen LogP contribution in [0.3, 0.4) is 0 Å². The SMILES string of the molecule is Cn1c(C2=NCC(F)CC2)ccc1C(F)(F)F. The van der Waals surface area contributed by atoms with E-state index in [4.69, 9.17) is 0 Å². The summed E-state index contributed by atoms with van der Waals surface area (Å²) in [5, 5.41) is 0. The van der Waals surface area contributed by atoms with Gasteiger partial charge in [-0.2, -0.15) is 13.2 Å². The van der Waals surface area contributed by atoms with Crippen molar-refractivity contribution >= 4 is 5.71 Å². The molecule has 0 radical (unpaired) electrons. The standard InChI is InChI=1S/C11H12F4N2/c1-17-9(4-5-10(17)11(13,14)15)8-3-2-7(12)6-16-8/h4-5,7H,2-3,6H2,1H3. The Balaban J connectivity index is 2.32. The van der Waals surface area contributed by atoms with Crippen molar-refractivity contribution in [1.82, 2.24) is 4.57 Å². The van der Waals surface area contributed by atoms with Gasteiger partial charge in [0.15, 0.2) is 0 Å². The molecule has 0 amide bonds. The van der Waals surface area contributed by atoms with Crippen molar-refractivity contribution in [2.75, 3.05) is 6.54 Å². The predicted molar refractivity (Wildman–Crippen MR) is 55.9 cm³/mol. The molecule has 17 heavy (non-hydrogen) atoms. The van der Waals surface area contributed by atoms with Crippen LogP contribution in [0.5, 0.6) is 0 Å². The normalized spacial score (nSPS) is 21.5. The molecule has 0 fully saturated rings. The molecule has 1 unspecified atom stereocenters. The maximum absolute atomic E-state index is 12.9. The molecule has 1 aromatic rings. The van der Waals surface area contributed by atoms with E-state index < -0.39 is 18.0 Å². The molecule has 0 aliphatic carbocycles. The number of rotatable bonds is 1. The summed E-state index contributed by atoms with van der Waals surface area (Å²) in [5.74, 6) is 0. The second-order valence-electron chi connectivity index (χ2n) is 4.08. The van der Waals surface area contributed by atoms with Crippen LogP contribution in [-0.2, 0) is 13.2 Å². The number of nitrogens with zero attached hydrogens (tertiary/aromatic N) is 2. The summed E-state index contributed by atoms with van der Waals surface area (Å²) in [6.45, 7) is 0.0435. The Kier molecular flexibility index (Phi) is 2.97. The molecule has 1 aromatic heterocycles. The highest BCUT2D eigenvalue weighted by atomic mass is 19.4. The molecule has 2 heterocycles. The fourth-order valence-corrected chi connectivity index (χ4v) is 1.97. The van der Waals surface area contributed by atoms with Crippen LogP contribution in [0.1, 0.15) is 24.2 Å². The first kappa shape index (κ1) is 12.1. The zero-order chi connectivity index (χ0) is 12.6. The topological polar surface area (TPSA) is 17.3 Å². The summed E-state index contributed by atoms with van der Waals surface area (Å²) in [4.78, 5) is 3.99. The van der Waals surface area contributed by atoms with E-state index >= 15 is 0 Å². The highest BCUT2D eigenvalue weighted by molar-refractivity contribution is 5.99. The van der Waals surface area contributed by atoms with Crippen LogP contribution in [0, 0.1) is 0 Å². The number of hydrogen-bond acceptors (Lipinski definition) is 1. The summed E-state index contributed by atoms with van der Waals surface area (Å²) in [7, 11) is 1.35. The molecule has 2 nitrogen and oxygen atoms in total. The van der Waals surface area contributed by atoms with E-state index in [1.807, 2.05) is 0 Å². The quantitative estimate of drug-likeness (QED) is 0.680. The van der Waals surface area contributed by atoms with Crippen LogP contribution in [0.4, 0.5) is 17.6 Å². The van der Waals surface area contributed by atoms with E-state index in [0.29, 0.717) is 24.2 Å².